The molecule has 2 aromatic carbocycles. The molecule has 7 heteroatoms. The van der Waals surface area contributed by atoms with Gasteiger partial charge in [0.05, 0.1) is 25.0 Å². The van der Waals surface area contributed by atoms with Crippen LogP contribution < -0.4 is 15.4 Å². The van der Waals surface area contributed by atoms with Crippen molar-refractivity contribution in [3.63, 3.8) is 0 Å². The zero-order chi connectivity index (χ0) is 21.4. The number of ether oxygens (including phenoxy) is 1. The minimum atomic E-state index is -0.513. The highest BCUT2D eigenvalue weighted by atomic mass is 32.2. The second kappa shape index (κ2) is 10.1. The number of rotatable bonds is 8. The molecule has 2 amide bonds. The Kier molecular flexibility index (Phi) is 7.84. The number of amides is 2. The van der Waals surface area contributed by atoms with Gasteiger partial charge in [-0.25, -0.2) is 0 Å². The Morgan fingerprint density at radius 3 is 2.28 bits per heavy atom. The van der Waals surface area contributed by atoms with Crippen molar-refractivity contribution in [3.05, 3.63) is 54.1 Å². The highest BCUT2D eigenvalue weighted by Gasteiger charge is 2.22. The molecule has 0 unspecified atom stereocenters. The fourth-order valence-corrected chi connectivity index (χ4v) is 3.17. The van der Waals surface area contributed by atoms with Gasteiger partial charge in [0, 0.05) is 16.0 Å². The first kappa shape index (κ1) is 22.5. The number of hydrogen-bond acceptors (Lipinski definition) is 5. The van der Waals surface area contributed by atoms with E-state index in [-0.39, 0.29) is 29.9 Å². The monoisotopic (exact) mass is 414 g/mol. The SMILES string of the molecule is COc1ccc(NC(=O)CSc2ccccc2C(=O)NCC(=O)C(C)(C)C)cc1. The minimum absolute atomic E-state index is 0.0285. The van der Waals surface area contributed by atoms with E-state index in [1.54, 1.807) is 55.6 Å². The van der Waals surface area contributed by atoms with Gasteiger partial charge in [-0.15, -0.1) is 11.8 Å². The van der Waals surface area contributed by atoms with Crippen LogP contribution in [0.3, 0.4) is 0 Å². The fourth-order valence-electron chi connectivity index (χ4n) is 2.32. The van der Waals surface area contributed by atoms with Crippen molar-refractivity contribution in [3.8, 4) is 5.75 Å². The smallest absolute Gasteiger partial charge is 0.252 e. The van der Waals surface area contributed by atoms with E-state index >= 15 is 0 Å². The summed E-state index contributed by atoms with van der Waals surface area (Å²) in [7, 11) is 1.58. The number of Topliss-reactive ketones (excluding diaryl/α,β-unsaturated/α-hetero) is 1. The molecule has 0 fully saturated rings. The van der Waals surface area contributed by atoms with Gasteiger partial charge in [-0.05, 0) is 36.4 Å². The quantitative estimate of drug-likeness (QED) is 0.643. The van der Waals surface area contributed by atoms with E-state index in [9.17, 15) is 14.4 Å². The number of nitrogens with one attached hydrogen (secondary N) is 2. The van der Waals surface area contributed by atoms with E-state index in [0.29, 0.717) is 21.9 Å². The van der Waals surface area contributed by atoms with Gasteiger partial charge in [-0.3, -0.25) is 14.4 Å². The summed E-state index contributed by atoms with van der Waals surface area (Å²) >= 11 is 1.27. The van der Waals surface area contributed by atoms with Crippen molar-refractivity contribution in [2.45, 2.75) is 25.7 Å². The van der Waals surface area contributed by atoms with E-state index in [2.05, 4.69) is 10.6 Å². The molecule has 29 heavy (non-hydrogen) atoms. The molecule has 0 radical (unpaired) electrons. The number of benzene rings is 2. The summed E-state index contributed by atoms with van der Waals surface area (Å²) in [5.41, 5.74) is 0.598. The third-order valence-electron chi connectivity index (χ3n) is 4.11. The summed E-state index contributed by atoms with van der Waals surface area (Å²) in [6.07, 6.45) is 0. The van der Waals surface area contributed by atoms with Crippen LogP contribution in [0.1, 0.15) is 31.1 Å². The Hall–Kier alpha value is -2.80. The molecular formula is C22H26N2O4S. The van der Waals surface area contributed by atoms with E-state index in [0.717, 1.165) is 0 Å². The van der Waals surface area contributed by atoms with E-state index in [4.69, 9.17) is 4.74 Å². The van der Waals surface area contributed by atoms with Crippen LogP contribution in [0.25, 0.3) is 0 Å². The maximum absolute atomic E-state index is 12.5. The Balaban J connectivity index is 1.94. The Bertz CT molecular complexity index is 873. The lowest BCUT2D eigenvalue weighted by Gasteiger charge is -2.17. The summed E-state index contributed by atoms with van der Waals surface area (Å²) in [5.74, 6) is 0.300. The Labute approximate surface area is 175 Å². The minimum Gasteiger partial charge on any atom is -0.497 e. The van der Waals surface area contributed by atoms with E-state index in [1.807, 2.05) is 20.8 Å². The number of anilines is 1. The molecule has 0 aromatic heterocycles. The fraction of sp³-hybridized carbons (Fsp3) is 0.318. The molecule has 0 heterocycles. The van der Waals surface area contributed by atoms with Crippen molar-refractivity contribution in [1.82, 2.24) is 5.32 Å². The van der Waals surface area contributed by atoms with Crippen LogP contribution in [0.5, 0.6) is 5.75 Å². The van der Waals surface area contributed by atoms with Gasteiger partial charge in [0.2, 0.25) is 5.91 Å². The van der Waals surface area contributed by atoms with Crippen molar-refractivity contribution in [2.75, 3.05) is 24.7 Å². The van der Waals surface area contributed by atoms with Gasteiger partial charge in [-0.2, -0.15) is 0 Å². The zero-order valence-electron chi connectivity index (χ0n) is 17.1. The third kappa shape index (κ3) is 6.94. The lowest BCUT2D eigenvalue weighted by atomic mass is 9.91. The molecule has 2 N–H and O–H groups in total. The zero-order valence-corrected chi connectivity index (χ0v) is 17.9. The van der Waals surface area contributed by atoms with Gasteiger partial charge < -0.3 is 15.4 Å². The second-order valence-electron chi connectivity index (χ2n) is 7.42. The third-order valence-corrected chi connectivity index (χ3v) is 5.18. The first-order valence-corrected chi connectivity index (χ1v) is 10.2. The van der Waals surface area contributed by atoms with Crippen LogP contribution in [0, 0.1) is 5.41 Å². The van der Waals surface area contributed by atoms with Gasteiger partial charge in [0.25, 0.3) is 5.91 Å². The molecule has 6 nitrogen and oxygen atoms in total. The average molecular weight is 415 g/mol. The first-order valence-electron chi connectivity index (χ1n) is 9.18. The van der Waals surface area contributed by atoms with Crippen LogP contribution in [-0.2, 0) is 9.59 Å². The summed E-state index contributed by atoms with van der Waals surface area (Å²) in [4.78, 5) is 37.5. The normalized spacial score (nSPS) is 10.9. The number of methoxy groups -OCH3 is 1. The Morgan fingerprint density at radius 2 is 1.66 bits per heavy atom. The van der Waals surface area contributed by atoms with Crippen molar-refractivity contribution >= 4 is 35.0 Å². The van der Waals surface area contributed by atoms with Crippen LogP contribution in [0.2, 0.25) is 0 Å². The standard InChI is InChI=1S/C22H26N2O4S/c1-22(2,3)19(25)13-23-21(27)17-7-5-6-8-18(17)29-14-20(26)24-15-9-11-16(28-4)12-10-15/h5-12H,13-14H2,1-4H3,(H,23,27)(H,24,26). The number of carbonyl (C=O) groups is 3. The van der Waals surface area contributed by atoms with E-state index < -0.39 is 5.41 Å². The molecule has 154 valence electrons. The lowest BCUT2D eigenvalue weighted by Crippen LogP contribution is -2.35. The van der Waals surface area contributed by atoms with Crippen LogP contribution in [0.4, 0.5) is 5.69 Å². The molecule has 0 aliphatic heterocycles. The van der Waals surface area contributed by atoms with Gasteiger partial charge in [0.15, 0.2) is 5.78 Å². The summed E-state index contributed by atoms with van der Waals surface area (Å²) in [5, 5.41) is 5.48. The molecular weight excluding hydrogens is 388 g/mol. The summed E-state index contributed by atoms with van der Waals surface area (Å²) < 4.78 is 5.09. The number of ketones is 1. The van der Waals surface area contributed by atoms with Crippen molar-refractivity contribution in [2.24, 2.45) is 5.41 Å². The molecule has 0 saturated heterocycles. The maximum atomic E-state index is 12.5. The molecule has 0 saturated carbocycles. The number of thioether (sulfide) groups is 1. The number of carbonyl (C=O) groups excluding carboxylic acids is 3. The topological polar surface area (TPSA) is 84.5 Å². The van der Waals surface area contributed by atoms with Crippen LogP contribution in [-0.4, -0.2) is 37.0 Å². The van der Waals surface area contributed by atoms with Gasteiger partial charge in [-0.1, -0.05) is 32.9 Å². The summed E-state index contributed by atoms with van der Waals surface area (Å²) in [6, 6.07) is 14.1. The molecule has 0 aliphatic carbocycles. The Morgan fingerprint density at radius 1 is 1.00 bits per heavy atom. The predicted molar refractivity (Wildman–Crippen MR) is 116 cm³/mol. The molecule has 2 aromatic rings. The molecule has 0 spiro atoms. The number of hydrogen-bond donors (Lipinski definition) is 2. The molecule has 0 bridgehead atoms. The highest BCUT2D eigenvalue weighted by Crippen LogP contribution is 2.23. The second-order valence-corrected chi connectivity index (χ2v) is 8.43. The maximum Gasteiger partial charge on any atom is 0.252 e. The summed E-state index contributed by atoms with van der Waals surface area (Å²) in [6.45, 7) is 5.41. The largest absolute Gasteiger partial charge is 0.497 e. The van der Waals surface area contributed by atoms with Crippen LogP contribution in [0.15, 0.2) is 53.4 Å². The average Bonchev–Trinajstić information content (AvgIpc) is 2.70. The van der Waals surface area contributed by atoms with Crippen LogP contribution >= 0.6 is 11.8 Å². The van der Waals surface area contributed by atoms with E-state index in [1.165, 1.54) is 11.8 Å². The predicted octanol–water partition coefficient (Wildman–Crippen LogP) is 3.77. The van der Waals surface area contributed by atoms with Gasteiger partial charge in [0.1, 0.15) is 5.75 Å². The van der Waals surface area contributed by atoms with Crippen molar-refractivity contribution in [1.29, 1.82) is 0 Å². The van der Waals surface area contributed by atoms with Gasteiger partial charge >= 0.3 is 0 Å². The molecule has 0 aliphatic rings. The first-order chi connectivity index (χ1) is 13.7. The van der Waals surface area contributed by atoms with Crippen molar-refractivity contribution < 1.29 is 19.1 Å². The highest BCUT2D eigenvalue weighted by molar-refractivity contribution is 8.00. The molecule has 2 rings (SSSR count). The molecule has 0 atom stereocenters. The lowest BCUT2D eigenvalue weighted by molar-refractivity contribution is -0.125.